The highest BCUT2D eigenvalue weighted by atomic mass is 16.6. The van der Waals surface area contributed by atoms with E-state index < -0.39 is 0 Å². The number of aromatic nitrogens is 3. The number of ether oxygens (including phenoxy) is 1. The number of rotatable bonds is 2. The summed E-state index contributed by atoms with van der Waals surface area (Å²) >= 11 is 0. The van der Waals surface area contributed by atoms with Crippen molar-refractivity contribution < 1.29 is 9.53 Å². The van der Waals surface area contributed by atoms with Gasteiger partial charge in [-0.15, -0.1) is 0 Å². The van der Waals surface area contributed by atoms with Crippen LogP contribution in [0.3, 0.4) is 0 Å². The van der Waals surface area contributed by atoms with E-state index in [0.29, 0.717) is 18.8 Å². The summed E-state index contributed by atoms with van der Waals surface area (Å²) < 4.78 is 6.92. The lowest BCUT2D eigenvalue weighted by atomic mass is 9.94. The molecule has 134 valence electrons. The summed E-state index contributed by atoms with van der Waals surface area (Å²) in [6, 6.07) is 7.29. The van der Waals surface area contributed by atoms with Crippen LogP contribution in [-0.4, -0.2) is 46.9 Å². The molecule has 0 atom stereocenters. The Morgan fingerprint density at radius 2 is 2.04 bits per heavy atom. The Balaban J connectivity index is 1.78. The second-order valence-electron chi connectivity index (χ2n) is 6.78. The van der Waals surface area contributed by atoms with E-state index in [1.54, 1.807) is 11.0 Å². The Morgan fingerprint density at radius 1 is 1.19 bits per heavy atom. The summed E-state index contributed by atoms with van der Waals surface area (Å²) in [5.74, 6) is 0.288. The first-order valence-electron chi connectivity index (χ1n) is 8.92. The van der Waals surface area contributed by atoms with Gasteiger partial charge in [-0.1, -0.05) is 6.07 Å². The van der Waals surface area contributed by atoms with Crippen LogP contribution in [-0.2, 0) is 4.74 Å². The van der Waals surface area contributed by atoms with Crippen LogP contribution in [0.15, 0.2) is 29.1 Å². The first-order valence-corrected chi connectivity index (χ1v) is 8.92. The van der Waals surface area contributed by atoms with Crippen molar-refractivity contribution in [1.82, 2.24) is 19.9 Å². The summed E-state index contributed by atoms with van der Waals surface area (Å²) in [6.07, 6.45) is 1.58. The molecule has 4 heterocycles. The largest absolute Gasteiger partial charge is 0.447 e. The van der Waals surface area contributed by atoms with E-state index in [9.17, 15) is 9.59 Å². The van der Waals surface area contributed by atoms with Crippen LogP contribution in [0.4, 0.5) is 10.5 Å². The fourth-order valence-electron chi connectivity index (χ4n) is 4.01. The maximum Gasteiger partial charge on any atom is 0.414 e. The van der Waals surface area contributed by atoms with Crippen molar-refractivity contribution in [2.24, 2.45) is 0 Å². The predicted molar refractivity (Wildman–Crippen MR) is 96.9 cm³/mol. The van der Waals surface area contributed by atoms with Gasteiger partial charge in [-0.05, 0) is 38.1 Å². The van der Waals surface area contributed by atoms with Gasteiger partial charge in [-0.25, -0.2) is 9.31 Å². The number of anilines is 1. The first-order chi connectivity index (χ1) is 12.7. The minimum absolute atomic E-state index is 0.147. The minimum Gasteiger partial charge on any atom is -0.447 e. The maximum atomic E-state index is 12.4. The highest BCUT2D eigenvalue weighted by molar-refractivity contribution is 6.07. The Bertz CT molecular complexity index is 1060. The molecule has 0 unspecified atom stereocenters. The molecule has 2 aliphatic rings. The maximum absolute atomic E-state index is 12.4. The Hall–Kier alpha value is -2.87. The normalized spacial score (nSPS) is 18.8. The number of carbonyl (C=O) groups excluding carboxylic acids is 1. The number of amides is 1. The number of nitrogens with one attached hydrogen (secondary N) is 2. The highest BCUT2D eigenvalue weighted by Gasteiger charge is 2.28. The summed E-state index contributed by atoms with van der Waals surface area (Å²) in [7, 11) is 0. The van der Waals surface area contributed by atoms with Gasteiger partial charge in [0.05, 0.1) is 28.8 Å². The highest BCUT2D eigenvalue weighted by Crippen LogP contribution is 2.33. The standard InChI is InChI=1S/C18H19N5O3/c24-15-10-14(11-4-6-19-7-5-11)23-17(20-15)16-12(21-23)2-1-3-13(16)22-8-9-26-18(22)25/h1-3,10-11,19H,4-9H2,(H,20,24). The van der Waals surface area contributed by atoms with Crippen molar-refractivity contribution in [3.05, 3.63) is 40.3 Å². The van der Waals surface area contributed by atoms with Crippen molar-refractivity contribution in [2.45, 2.75) is 18.8 Å². The molecule has 1 aromatic carbocycles. The van der Waals surface area contributed by atoms with Crippen LogP contribution >= 0.6 is 0 Å². The van der Waals surface area contributed by atoms with E-state index in [0.717, 1.165) is 48.2 Å². The fourth-order valence-corrected chi connectivity index (χ4v) is 4.01. The molecule has 3 aromatic rings. The van der Waals surface area contributed by atoms with E-state index in [1.165, 1.54) is 0 Å². The summed E-state index contributed by atoms with van der Waals surface area (Å²) in [5.41, 5.74) is 2.89. The molecule has 2 saturated heterocycles. The first kappa shape index (κ1) is 15.4. The number of hydrogen-bond acceptors (Lipinski definition) is 5. The third kappa shape index (κ3) is 2.29. The molecule has 26 heavy (non-hydrogen) atoms. The molecule has 8 heteroatoms. The topological polar surface area (TPSA) is 91.7 Å². The molecule has 1 amide bonds. The van der Waals surface area contributed by atoms with Gasteiger partial charge in [-0.2, -0.15) is 5.10 Å². The number of aromatic amines is 1. The number of nitrogens with zero attached hydrogens (tertiary/aromatic N) is 3. The van der Waals surface area contributed by atoms with Crippen LogP contribution in [0.2, 0.25) is 0 Å². The van der Waals surface area contributed by atoms with Gasteiger partial charge < -0.3 is 15.0 Å². The molecule has 8 nitrogen and oxygen atoms in total. The van der Waals surface area contributed by atoms with E-state index in [4.69, 9.17) is 9.84 Å². The SMILES string of the molecule is O=C1OCCN1c1cccc2nn3c(C4CCNCC4)cc(=O)[nH]c3c12. The molecule has 5 rings (SSSR count). The predicted octanol–water partition coefficient (Wildman–Crippen LogP) is 1.60. The van der Waals surface area contributed by atoms with Gasteiger partial charge in [0.15, 0.2) is 0 Å². The van der Waals surface area contributed by atoms with Crippen LogP contribution < -0.4 is 15.8 Å². The minimum atomic E-state index is -0.367. The fraction of sp³-hybridized carbons (Fsp3) is 0.389. The van der Waals surface area contributed by atoms with Crippen LogP contribution in [0, 0.1) is 0 Å². The van der Waals surface area contributed by atoms with Crippen LogP contribution in [0.25, 0.3) is 16.6 Å². The molecule has 0 aliphatic carbocycles. The zero-order chi connectivity index (χ0) is 17.7. The van der Waals surface area contributed by atoms with E-state index in [-0.39, 0.29) is 17.6 Å². The Labute approximate surface area is 148 Å². The van der Waals surface area contributed by atoms with Crippen LogP contribution in [0.1, 0.15) is 24.5 Å². The number of H-pyrrole nitrogens is 1. The van der Waals surface area contributed by atoms with Gasteiger partial charge in [0, 0.05) is 12.0 Å². The van der Waals surface area contributed by atoms with Crippen LogP contribution in [0.5, 0.6) is 0 Å². The third-order valence-electron chi connectivity index (χ3n) is 5.25. The summed E-state index contributed by atoms with van der Waals surface area (Å²) in [6.45, 7) is 2.73. The molecule has 2 N–H and O–H groups in total. The van der Waals surface area contributed by atoms with Gasteiger partial charge >= 0.3 is 6.09 Å². The lowest BCUT2D eigenvalue weighted by Crippen LogP contribution is -2.28. The summed E-state index contributed by atoms with van der Waals surface area (Å²) in [4.78, 5) is 28.9. The van der Waals surface area contributed by atoms with Gasteiger partial charge in [0.2, 0.25) is 0 Å². The second-order valence-corrected chi connectivity index (χ2v) is 6.78. The van der Waals surface area contributed by atoms with E-state index >= 15 is 0 Å². The molecule has 0 radical (unpaired) electrons. The lowest BCUT2D eigenvalue weighted by molar-refractivity contribution is 0.181. The van der Waals surface area contributed by atoms with Gasteiger partial charge in [0.1, 0.15) is 12.3 Å². The van der Waals surface area contributed by atoms with Gasteiger partial charge in [-0.3, -0.25) is 9.69 Å². The third-order valence-corrected chi connectivity index (χ3v) is 5.25. The van der Waals surface area contributed by atoms with E-state index in [1.807, 2.05) is 22.7 Å². The van der Waals surface area contributed by atoms with Crippen molar-refractivity contribution in [2.75, 3.05) is 31.1 Å². The van der Waals surface area contributed by atoms with Crippen molar-refractivity contribution >= 4 is 28.3 Å². The quantitative estimate of drug-likeness (QED) is 0.730. The van der Waals surface area contributed by atoms with Crippen molar-refractivity contribution in [3.8, 4) is 0 Å². The van der Waals surface area contributed by atoms with Gasteiger partial charge in [0.25, 0.3) is 5.56 Å². The Morgan fingerprint density at radius 3 is 2.81 bits per heavy atom. The zero-order valence-electron chi connectivity index (χ0n) is 14.2. The monoisotopic (exact) mass is 353 g/mol. The number of benzene rings is 1. The zero-order valence-corrected chi connectivity index (χ0v) is 14.2. The van der Waals surface area contributed by atoms with Crippen molar-refractivity contribution in [3.63, 3.8) is 0 Å². The molecule has 0 spiro atoms. The van der Waals surface area contributed by atoms with E-state index in [2.05, 4.69) is 10.3 Å². The summed E-state index contributed by atoms with van der Waals surface area (Å²) in [5, 5.41) is 8.86. The second kappa shape index (κ2) is 5.84. The number of carbonyl (C=O) groups is 1. The average Bonchev–Trinajstić information content (AvgIpc) is 3.25. The molecule has 0 bridgehead atoms. The molecule has 2 aliphatic heterocycles. The average molecular weight is 353 g/mol. The number of fused-ring (bicyclic) bond motifs is 3. The number of cyclic esters (lactones) is 1. The number of piperidine rings is 1. The molecular formula is C18H19N5O3. The molecule has 2 fully saturated rings. The smallest absolute Gasteiger partial charge is 0.414 e. The Kier molecular flexibility index (Phi) is 3.46. The lowest BCUT2D eigenvalue weighted by Gasteiger charge is -2.23. The molecular weight excluding hydrogens is 334 g/mol. The van der Waals surface area contributed by atoms with Crippen molar-refractivity contribution in [1.29, 1.82) is 0 Å². The number of hydrogen-bond donors (Lipinski definition) is 2. The molecule has 0 saturated carbocycles. The molecule has 2 aromatic heterocycles.